The molecule has 0 saturated heterocycles. The highest BCUT2D eigenvalue weighted by Gasteiger charge is 2.35. The quantitative estimate of drug-likeness (QED) is 0.0150. The molecule has 0 aromatic heterocycles. The summed E-state index contributed by atoms with van der Waals surface area (Å²) in [6.07, 6.45) is 1.82. The lowest BCUT2D eigenvalue weighted by molar-refractivity contribution is -0.156. The van der Waals surface area contributed by atoms with E-state index in [0.29, 0.717) is 78.5 Å². The molecule has 93 heavy (non-hydrogen) atoms. The highest BCUT2D eigenvalue weighted by molar-refractivity contribution is 5.96. The molecule has 5 aromatic rings. The maximum atomic E-state index is 15.4. The third-order valence-corrected chi connectivity index (χ3v) is 14.4. The van der Waals surface area contributed by atoms with Gasteiger partial charge in [0, 0.05) is 31.6 Å². The Bertz CT molecular complexity index is 3250. The summed E-state index contributed by atoms with van der Waals surface area (Å²) in [4.78, 5) is 97.0. The Morgan fingerprint density at radius 3 is 1.74 bits per heavy atom. The zero-order valence-electron chi connectivity index (χ0n) is 56.5. The van der Waals surface area contributed by atoms with Crippen molar-refractivity contribution in [3.05, 3.63) is 137 Å². The van der Waals surface area contributed by atoms with E-state index < -0.39 is 89.1 Å². The number of aryl methyl sites for hydroxylation is 2. The Hall–Kier alpha value is -8.89. The van der Waals surface area contributed by atoms with Crippen molar-refractivity contribution in [1.29, 1.82) is 0 Å². The summed E-state index contributed by atoms with van der Waals surface area (Å²) in [5, 5.41) is 16.9. The molecule has 0 saturated carbocycles. The first kappa shape index (κ1) is 74.8. The number of methoxy groups -OCH3 is 3. The summed E-state index contributed by atoms with van der Waals surface area (Å²) < 4.78 is 45.3. The number of likely N-dealkylation sites (N-methyl/N-ethyl adjacent to an activating group) is 1. The monoisotopic (exact) mass is 1290 g/mol. The van der Waals surface area contributed by atoms with Crippen LogP contribution in [0.3, 0.4) is 0 Å². The molecule has 5 atom stereocenters. The van der Waals surface area contributed by atoms with Gasteiger partial charge in [0.15, 0.2) is 6.61 Å². The Morgan fingerprint density at radius 2 is 1.13 bits per heavy atom. The fourth-order valence-corrected chi connectivity index (χ4v) is 9.61. The topological polar surface area (TPSA) is 292 Å². The molecule has 5 aromatic carbocycles. The molecule has 0 bridgehead atoms. The number of nitrogens with one attached hydrogen (secondary N) is 6. The Kier molecular flexibility index (Phi) is 28.8. The number of ether oxygens (including phenoxy) is 8. The van der Waals surface area contributed by atoms with Crippen molar-refractivity contribution in [2.24, 2.45) is 5.73 Å². The van der Waals surface area contributed by atoms with E-state index >= 15 is 9.59 Å². The molecule has 8 N–H and O–H groups in total. The van der Waals surface area contributed by atoms with Gasteiger partial charge >= 0.3 is 12.1 Å². The van der Waals surface area contributed by atoms with E-state index in [1.807, 2.05) is 73.7 Å². The van der Waals surface area contributed by atoms with Gasteiger partial charge in [0.2, 0.25) is 23.6 Å². The summed E-state index contributed by atoms with van der Waals surface area (Å²) in [7, 11) is 6.13. The number of carbonyl (C=O) groups excluding carboxylic acids is 7. The maximum Gasteiger partial charge on any atom is 0.407 e. The van der Waals surface area contributed by atoms with Gasteiger partial charge in [0.05, 0.1) is 52.6 Å². The molecule has 0 radical (unpaired) electrons. The number of carbonyl (C=O) groups is 7. The number of unbranched alkanes of at least 4 members (excludes halogenated alkanes) is 1. The molecule has 0 aliphatic carbocycles. The van der Waals surface area contributed by atoms with Crippen LogP contribution >= 0.6 is 0 Å². The third kappa shape index (κ3) is 26.0. The fraction of sp³-hybridized carbons (Fsp3) is 0.479. The van der Waals surface area contributed by atoms with Gasteiger partial charge in [-0.15, -0.1) is 0 Å². The molecule has 0 spiro atoms. The Balaban J connectivity index is 1.53. The van der Waals surface area contributed by atoms with Crippen LogP contribution < -0.4 is 61.3 Å². The van der Waals surface area contributed by atoms with Crippen molar-refractivity contribution >= 4 is 41.6 Å². The highest BCUT2D eigenvalue weighted by atomic mass is 16.6. The van der Waals surface area contributed by atoms with Gasteiger partial charge in [0.25, 0.3) is 5.91 Å². The van der Waals surface area contributed by atoms with Crippen LogP contribution in [-0.2, 0) is 62.2 Å². The summed E-state index contributed by atoms with van der Waals surface area (Å²) in [5.41, 5.74) is 9.67. The second kappa shape index (κ2) is 35.8. The van der Waals surface area contributed by atoms with Crippen molar-refractivity contribution in [3.63, 3.8) is 0 Å². The van der Waals surface area contributed by atoms with Gasteiger partial charge in [-0.05, 0) is 183 Å². The minimum absolute atomic E-state index is 0.0920. The first-order valence-electron chi connectivity index (χ1n) is 31.4. The van der Waals surface area contributed by atoms with Crippen molar-refractivity contribution in [3.8, 4) is 39.9 Å². The lowest BCUT2D eigenvalue weighted by Crippen LogP contribution is -2.59. The fourth-order valence-electron chi connectivity index (χ4n) is 9.61. The van der Waals surface area contributed by atoms with Crippen LogP contribution in [0.4, 0.5) is 4.79 Å². The molecule has 22 heteroatoms. The molecule has 5 rings (SSSR count). The van der Waals surface area contributed by atoms with E-state index in [0.717, 1.165) is 34.4 Å². The van der Waals surface area contributed by atoms with Crippen LogP contribution in [0.2, 0.25) is 0 Å². The van der Waals surface area contributed by atoms with Crippen molar-refractivity contribution in [2.45, 2.75) is 168 Å². The van der Waals surface area contributed by atoms with Crippen molar-refractivity contribution in [1.82, 2.24) is 31.9 Å². The van der Waals surface area contributed by atoms with Gasteiger partial charge in [-0.1, -0.05) is 61.5 Å². The van der Waals surface area contributed by atoms with Crippen LogP contribution in [0.15, 0.2) is 109 Å². The number of rotatable bonds is 34. The second-order valence-corrected chi connectivity index (χ2v) is 25.4. The molecule has 0 aliphatic rings. The lowest BCUT2D eigenvalue weighted by atomic mass is 9.95. The predicted molar refractivity (Wildman–Crippen MR) is 355 cm³/mol. The van der Waals surface area contributed by atoms with Crippen molar-refractivity contribution < 1.29 is 71.5 Å². The zero-order chi connectivity index (χ0) is 68.5. The highest BCUT2D eigenvalue weighted by Crippen LogP contribution is 2.35. The molecule has 506 valence electrons. The first-order valence-corrected chi connectivity index (χ1v) is 31.4. The molecule has 0 fully saturated rings. The average molecular weight is 1290 g/mol. The maximum absolute atomic E-state index is 15.4. The Labute approximate surface area is 547 Å². The molecular weight excluding hydrogens is 1190 g/mol. The predicted octanol–water partition coefficient (Wildman–Crippen LogP) is 8.55. The summed E-state index contributed by atoms with van der Waals surface area (Å²) >= 11 is 0. The molecule has 0 aliphatic heterocycles. The molecule has 0 heterocycles. The van der Waals surface area contributed by atoms with Gasteiger partial charge in [-0.2, -0.15) is 0 Å². The number of alkyl carbamates (subject to hydrolysis) is 1. The largest absolute Gasteiger partial charge is 0.497 e. The lowest BCUT2D eigenvalue weighted by Gasteiger charge is -2.28. The summed E-state index contributed by atoms with van der Waals surface area (Å²) in [6, 6.07) is 26.5. The molecular formula is C71H97N7O15. The minimum Gasteiger partial charge on any atom is -0.497 e. The average Bonchev–Trinajstić information content (AvgIpc) is 0.838. The van der Waals surface area contributed by atoms with Crippen LogP contribution in [0.25, 0.3) is 11.1 Å². The van der Waals surface area contributed by atoms with E-state index in [2.05, 4.69) is 31.9 Å². The number of amides is 6. The van der Waals surface area contributed by atoms with E-state index in [9.17, 15) is 24.0 Å². The summed E-state index contributed by atoms with van der Waals surface area (Å²) in [5.74, 6) is -1.56. The number of esters is 1. The minimum atomic E-state index is -1.59. The van der Waals surface area contributed by atoms with Crippen LogP contribution in [-0.4, -0.2) is 137 Å². The zero-order valence-corrected chi connectivity index (χ0v) is 56.5. The van der Waals surface area contributed by atoms with Gasteiger partial charge in [-0.25, -0.2) is 4.79 Å². The second-order valence-electron chi connectivity index (χ2n) is 25.4. The van der Waals surface area contributed by atoms with Crippen LogP contribution in [0.1, 0.15) is 135 Å². The Morgan fingerprint density at radius 1 is 0.559 bits per heavy atom. The van der Waals surface area contributed by atoms with Gasteiger partial charge in [0.1, 0.15) is 64.1 Å². The van der Waals surface area contributed by atoms with E-state index in [1.165, 1.54) is 21.3 Å². The van der Waals surface area contributed by atoms with Crippen molar-refractivity contribution in [2.75, 3.05) is 54.7 Å². The molecule has 22 nitrogen and oxygen atoms in total. The SMILES string of the molecule is CCc1cc(OC)ccc1-c1ccc(C[C@H](NC(=O)C(CC(=O)OC(C)(C)C)NC(=O)C(N)COC(C)(C)C)C(=O)N[C@@H](CCCc2ccc(OCCCCNC(=O)OC(C)(C)C)cc2)C(=O)NC(c2ccc(OCC(=O)NC)cc2)c2ccc(OC)cc2OC)cc1. The molecule has 3 unspecified atom stereocenters. The first-order chi connectivity index (χ1) is 44.0. The van der Waals surface area contributed by atoms with E-state index in [1.54, 1.807) is 112 Å². The third-order valence-electron chi connectivity index (χ3n) is 14.4. The number of nitrogens with two attached hydrogens (primary N) is 1. The van der Waals surface area contributed by atoms with Crippen LogP contribution in [0, 0.1) is 0 Å². The van der Waals surface area contributed by atoms with Gasteiger partial charge < -0.3 is 75.5 Å². The normalized spacial score (nSPS) is 13.1. The number of hydrogen-bond acceptors (Lipinski definition) is 16. The van der Waals surface area contributed by atoms with E-state index in [-0.39, 0.29) is 32.0 Å². The van der Waals surface area contributed by atoms with E-state index in [4.69, 9.17) is 43.6 Å². The smallest absolute Gasteiger partial charge is 0.407 e. The van der Waals surface area contributed by atoms with Crippen LogP contribution in [0.5, 0.6) is 28.7 Å². The number of hydrogen-bond donors (Lipinski definition) is 7. The van der Waals surface area contributed by atoms with Gasteiger partial charge in [-0.3, -0.25) is 28.8 Å². The number of benzene rings is 5. The molecule has 6 amide bonds. The standard InChI is InChI=1S/C71H97N7O15/c1-15-47-40-52(86-12)33-35-54(47)48-25-21-46(22-26-48)39-58(77-67(84)59(42-62(80)92-70(5,6)7)76-64(81)56(72)43-91-69(2,3)4)66(83)75-57(20-18-19-45-23-29-50(30-24-45)89-38-17-16-37-74-68(85)93-71(8,9)10)65(82)78-63(55-36-34-53(87-13)41-60(55)88-14)49-27-31-51(32-28-49)90-44-61(79)73-11/h21-36,40-41,56-59,63H,15-20,37-39,42-44,72H2,1-14H3,(H,73,79)(H,74,85)(H,75,83)(H,76,81)(H,77,84)(H,78,82)/t56?,57-,58-,59?,63?/m0/s1. The summed E-state index contributed by atoms with van der Waals surface area (Å²) in [6.45, 7) is 18.3.